The van der Waals surface area contributed by atoms with E-state index in [-0.39, 0.29) is 41.4 Å². The lowest BCUT2D eigenvalue weighted by Gasteiger charge is -2.40. The smallest absolute Gasteiger partial charge is 0.433 e. The van der Waals surface area contributed by atoms with Crippen LogP contribution in [0.15, 0.2) is 24.4 Å². The van der Waals surface area contributed by atoms with Gasteiger partial charge in [-0.05, 0) is 43.2 Å². The van der Waals surface area contributed by atoms with Gasteiger partial charge in [0.1, 0.15) is 0 Å². The van der Waals surface area contributed by atoms with Gasteiger partial charge in [0.2, 0.25) is 0 Å². The molecule has 0 saturated heterocycles. The number of halogens is 5. The Balaban J connectivity index is 1.97. The van der Waals surface area contributed by atoms with Gasteiger partial charge in [-0.3, -0.25) is 19.1 Å². The fraction of sp³-hybridized carbons (Fsp3) is 0.556. The van der Waals surface area contributed by atoms with Crippen molar-refractivity contribution in [1.82, 2.24) is 14.7 Å². The van der Waals surface area contributed by atoms with Crippen LogP contribution >= 0.6 is 23.2 Å². The number of carbonyl (C=O) groups excluding carboxylic acids is 2. The number of hydrogen-bond donors (Lipinski definition) is 1. The Morgan fingerprint density at radius 3 is 2.33 bits per heavy atom. The molecule has 1 aliphatic rings. The zero-order valence-corrected chi connectivity index (χ0v) is 23.5. The molecule has 1 aromatic carbocycles. The highest BCUT2D eigenvalue weighted by atomic mass is 35.5. The van der Waals surface area contributed by atoms with Crippen LogP contribution in [0.3, 0.4) is 0 Å². The molecule has 3 rings (SSSR count). The largest absolute Gasteiger partial charge is 0.481 e. The highest BCUT2D eigenvalue weighted by Gasteiger charge is 2.46. The van der Waals surface area contributed by atoms with E-state index in [1.807, 2.05) is 6.92 Å². The number of nitrogens with zero attached hydrogens (tertiary/aromatic N) is 3. The van der Waals surface area contributed by atoms with E-state index in [4.69, 9.17) is 23.2 Å². The maximum absolute atomic E-state index is 14.4. The van der Waals surface area contributed by atoms with Crippen LogP contribution in [0.2, 0.25) is 10.0 Å². The van der Waals surface area contributed by atoms with Crippen molar-refractivity contribution in [3.63, 3.8) is 0 Å². The highest BCUT2D eigenvalue weighted by Crippen LogP contribution is 2.47. The van der Waals surface area contributed by atoms with E-state index >= 15 is 0 Å². The number of Topliss-reactive ketones (excluding diaryl/α,β-unsaturated/α-hetero) is 1. The van der Waals surface area contributed by atoms with E-state index in [0.29, 0.717) is 12.8 Å². The summed E-state index contributed by atoms with van der Waals surface area (Å²) in [5, 5.41) is 13.7. The number of aliphatic carboxylic acids is 1. The molecule has 2 aromatic rings. The first kappa shape index (κ1) is 30.9. The van der Waals surface area contributed by atoms with Crippen molar-refractivity contribution < 1.29 is 32.7 Å². The van der Waals surface area contributed by atoms with E-state index in [9.17, 15) is 32.7 Å². The Morgan fingerprint density at radius 1 is 1.15 bits per heavy atom. The summed E-state index contributed by atoms with van der Waals surface area (Å²) in [4.78, 5) is 39.4. The lowest BCUT2D eigenvalue weighted by molar-refractivity contribution is -0.151. The summed E-state index contributed by atoms with van der Waals surface area (Å²) < 4.78 is 44.1. The first-order chi connectivity index (χ1) is 18.2. The van der Waals surface area contributed by atoms with Crippen molar-refractivity contribution in [1.29, 1.82) is 0 Å². The minimum atomic E-state index is -4.92. The third-order valence-electron chi connectivity index (χ3n) is 7.33. The third kappa shape index (κ3) is 6.95. The Kier molecular flexibility index (Phi) is 9.75. The van der Waals surface area contributed by atoms with Gasteiger partial charge in [0.25, 0.3) is 5.91 Å². The molecule has 1 N–H and O–H groups in total. The number of ketones is 1. The maximum Gasteiger partial charge on any atom is 0.433 e. The van der Waals surface area contributed by atoms with Crippen LogP contribution in [-0.4, -0.2) is 50.5 Å². The normalized spacial score (nSPS) is 19.1. The van der Waals surface area contributed by atoms with Crippen LogP contribution in [0.1, 0.15) is 91.7 Å². The van der Waals surface area contributed by atoms with Crippen molar-refractivity contribution in [2.45, 2.75) is 71.5 Å². The summed E-state index contributed by atoms with van der Waals surface area (Å²) in [5.41, 5.74) is -2.64. The second-order valence-electron chi connectivity index (χ2n) is 10.6. The second-order valence-corrected chi connectivity index (χ2v) is 11.4. The van der Waals surface area contributed by atoms with E-state index in [2.05, 4.69) is 5.10 Å². The minimum Gasteiger partial charge on any atom is -0.481 e. The Morgan fingerprint density at radius 2 is 1.79 bits per heavy atom. The van der Waals surface area contributed by atoms with E-state index < -0.39 is 59.0 Å². The minimum absolute atomic E-state index is 0.00159. The molecule has 0 radical (unpaired) electrons. The van der Waals surface area contributed by atoms with Crippen LogP contribution < -0.4 is 0 Å². The standard InChI is InChI=1S/C27H32Cl2F3N3O4/c1-4-5-6-12-34(15-21(36)22-19(28)8-7-9-20(22)29)24(37)17-14-33-35(23(17)27(30,31)32)16-10-11-18(25(38)39)26(2,3)13-16/h7-9,14,16,18H,4-6,10-13,15H2,1-3H3,(H,38,39)/t16-,18+/m1/s1. The molecule has 1 saturated carbocycles. The van der Waals surface area contributed by atoms with Gasteiger partial charge < -0.3 is 10.0 Å². The molecule has 0 spiro atoms. The third-order valence-corrected chi connectivity index (χ3v) is 7.96. The van der Waals surface area contributed by atoms with Gasteiger partial charge in [-0.15, -0.1) is 0 Å². The monoisotopic (exact) mass is 589 g/mol. The molecule has 1 aromatic heterocycles. The number of unbranched alkanes of at least 4 members (excludes halogenated alkanes) is 2. The maximum atomic E-state index is 14.4. The summed E-state index contributed by atoms with van der Waals surface area (Å²) >= 11 is 12.3. The quantitative estimate of drug-likeness (QED) is 0.234. The topological polar surface area (TPSA) is 92.5 Å². The van der Waals surface area contributed by atoms with Gasteiger partial charge >= 0.3 is 12.1 Å². The molecule has 1 heterocycles. The van der Waals surface area contributed by atoms with Crippen LogP contribution in [-0.2, 0) is 11.0 Å². The average Bonchev–Trinajstić information content (AvgIpc) is 3.28. The fourth-order valence-electron chi connectivity index (χ4n) is 5.34. The SMILES string of the molecule is CCCCCN(CC(=O)c1c(Cl)cccc1Cl)C(=O)c1cnn([C@@H]2CC[C@@H](C(=O)O)C(C)(C)C2)c1C(F)(F)F. The van der Waals surface area contributed by atoms with Gasteiger partial charge in [0.15, 0.2) is 11.5 Å². The van der Waals surface area contributed by atoms with Gasteiger partial charge in [-0.2, -0.15) is 18.3 Å². The van der Waals surface area contributed by atoms with Crippen molar-refractivity contribution >= 4 is 40.9 Å². The molecule has 2 atom stereocenters. The molecule has 0 unspecified atom stereocenters. The number of alkyl halides is 3. The van der Waals surface area contributed by atoms with Crippen LogP contribution in [0.25, 0.3) is 0 Å². The number of amides is 1. The number of aromatic nitrogens is 2. The molecule has 0 bridgehead atoms. The molecule has 1 aliphatic carbocycles. The summed E-state index contributed by atoms with van der Waals surface area (Å²) in [5.74, 6) is -3.25. The van der Waals surface area contributed by atoms with Crippen LogP contribution in [0, 0.1) is 11.3 Å². The van der Waals surface area contributed by atoms with Crippen LogP contribution in [0.4, 0.5) is 13.2 Å². The fourth-order valence-corrected chi connectivity index (χ4v) is 5.95. The zero-order valence-electron chi connectivity index (χ0n) is 22.0. The molecule has 12 heteroatoms. The molecule has 1 fully saturated rings. The zero-order chi connectivity index (χ0) is 29.1. The predicted molar refractivity (Wildman–Crippen MR) is 141 cm³/mol. The summed E-state index contributed by atoms with van der Waals surface area (Å²) in [6.07, 6.45) is -1.54. The number of carboxylic acid groups (broad SMARTS) is 1. The molecule has 1 amide bonds. The Hall–Kier alpha value is -2.59. The van der Waals surface area contributed by atoms with E-state index in [1.54, 1.807) is 19.9 Å². The summed E-state index contributed by atoms with van der Waals surface area (Å²) in [6, 6.07) is 3.75. The predicted octanol–water partition coefficient (Wildman–Crippen LogP) is 7.18. The number of carboxylic acids is 1. The summed E-state index contributed by atoms with van der Waals surface area (Å²) in [7, 11) is 0. The van der Waals surface area contributed by atoms with Crippen molar-refractivity contribution in [2.24, 2.45) is 11.3 Å². The van der Waals surface area contributed by atoms with Gasteiger partial charge in [-0.25, -0.2) is 0 Å². The van der Waals surface area contributed by atoms with E-state index in [1.165, 1.54) is 12.1 Å². The first-order valence-electron chi connectivity index (χ1n) is 12.8. The average molecular weight is 590 g/mol. The van der Waals surface area contributed by atoms with Gasteiger partial charge in [-0.1, -0.05) is 62.9 Å². The molecule has 39 heavy (non-hydrogen) atoms. The van der Waals surface area contributed by atoms with Gasteiger partial charge in [0, 0.05) is 6.54 Å². The van der Waals surface area contributed by atoms with Crippen molar-refractivity contribution in [2.75, 3.05) is 13.1 Å². The molecule has 7 nitrogen and oxygen atoms in total. The molecular formula is C27H32Cl2F3N3O4. The Bertz CT molecular complexity index is 1210. The van der Waals surface area contributed by atoms with E-state index in [0.717, 1.165) is 22.2 Å². The number of rotatable bonds is 10. The van der Waals surface area contributed by atoms with Crippen LogP contribution in [0.5, 0.6) is 0 Å². The van der Waals surface area contributed by atoms with Crippen molar-refractivity contribution in [3.8, 4) is 0 Å². The molecule has 214 valence electrons. The van der Waals surface area contributed by atoms with Gasteiger partial charge in [0.05, 0.1) is 45.9 Å². The summed E-state index contributed by atoms with van der Waals surface area (Å²) in [6.45, 7) is 4.90. The Labute approximate surface area is 235 Å². The highest BCUT2D eigenvalue weighted by molar-refractivity contribution is 6.40. The lowest BCUT2D eigenvalue weighted by Crippen LogP contribution is -2.39. The number of benzene rings is 1. The number of carbonyl (C=O) groups is 3. The van der Waals surface area contributed by atoms with Crippen molar-refractivity contribution in [3.05, 3.63) is 51.3 Å². The molecular weight excluding hydrogens is 558 g/mol. The molecule has 0 aliphatic heterocycles. The second kappa shape index (κ2) is 12.3. The lowest BCUT2D eigenvalue weighted by atomic mass is 9.67. The first-order valence-corrected chi connectivity index (χ1v) is 13.6. The number of hydrogen-bond acceptors (Lipinski definition) is 4.